The number of halogens is 2. The smallest absolute Gasteiger partial charge is 0.124 e. The first kappa shape index (κ1) is 12.0. The fraction of sp³-hybridized carbons (Fsp3) is 0.167. The van der Waals surface area contributed by atoms with Crippen LogP contribution in [0.4, 0.5) is 0 Å². The quantitative estimate of drug-likeness (QED) is 0.734. The van der Waals surface area contributed by atoms with E-state index in [4.69, 9.17) is 16.3 Å². The highest BCUT2D eigenvalue weighted by Gasteiger charge is 2.02. The van der Waals surface area contributed by atoms with Crippen LogP contribution in [-0.4, -0.2) is 0 Å². The van der Waals surface area contributed by atoms with Crippen LogP contribution in [0.25, 0.3) is 0 Å². The average Bonchev–Trinajstić information content (AvgIpc) is 2.73. The molecule has 0 saturated carbocycles. The number of hydrogen-bond acceptors (Lipinski definition) is 2. The lowest BCUT2D eigenvalue weighted by Gasteiger charge is -2.05. The van der Waals surface area contributed by atoms with Crippen LogP contribution in [0.15, 0.2) is 40.2 Å². The summed E-state index contributed by atoms with van der Waals surface area (Å²) in [5.41, 5.74) is 1.10. The molecule has 0 unspecified atom stereocenters. The van der Waals surface area contributed by atoms with Gasteiger partial charge in [-0.2, -0.15) is 0 Å². The Labute approximate surface area is 112 Å². The minimum absolute atomic E-state index is 0.538. The molecule has 1 heterocycles. The van der Waals surface area contributed by atoms with Gasteiger partial charge in [0.2, 0.25) is 0 Å². The zero-order chi connectivity index (χ0) is 11.4. The van der Waals surface area contributed by atoms with Crippen molar-refractivity contribution >= 4 is 38.9 Å². The molecule has 0 aliphatic rings. The molecule has 0 fully saturated rings. The molecule has 0 aliphatic heterocycles. The molecule has 0 spiro atoms. The van der Waals surface area contributed by atoms with Crippen LogP contribution < -0.4 is 4.74 Å². The van der Waals surface area contributed by atoms with E-state index in [0.717, 1.165) is 15.8 Å². The lowest BCUT2D eigenvalue weighted by Crippen LogP contribution is -1.93. The van der Waals surface area contributed by atoms with Gasteiger partial charge in [-0.15, -0.1) is 22.9 Å². The molecule has 0 amide bonds. The summed E-state index contributed by atoms with van der Waals surface area (Å²) >= 11 is 10.9. The van der Waals surface area contributed by atoms with Crippen LogP contribution in [-0.2, 0) is 12.5 Å². The summed E-state index contributed by atoms with van der Waals surface area (Å²) in [4.78, 5) is 1.20. The van der Waals surface area contributed by atoms with Crippen molar-refractivity contribution in [3.05, 3.63) is 50.6 Å². The predicted octanol–water partition coefficient (Wildman–Crippen LogP) is 4.83. The summed E-state index contributed by atoms with van der Waals surface area (Å²) < 4.78 is 6.77. The Morgan fingerprint density at radius 3 is 2.50 bits per heavy atom. The van der Waals surface area contributed by atoms with E-state index in [1.54, 1.807) is 11.3 Å². The Morgan fingerprint density at radius 1 is 1.19 bits per heavy atom. The van der Waals surface area contributed by atoms with Crippen molar-refractivity contribution in [3.63, 3.8) is 0 Å². The molecular formula is C12H10BrClOS. The summed E-state index contributed by atoms with van der Waals surface area (Å²) in [7, 11) is 0. The third-order valence-electron chi connectivity index (χ3n) is 2.14. The Balaban J connectivity index is 1.97. The molecule has 0 bridgehead atoms. The molecular weight excluding hydrogens is 308 g/mol. The van der Waals surface area contributed by atoms with Crippen molar-refractivity contribution in [3.8, 4) is 5.75 Å². The lowest BCUT2D eigenvalue weighted by atomic mass is 10.2. The highest BCUT2D eigenvalue weighted by atomic mass is 79.9. The molecule has 2 rings (SSSR count). The fourth-order valence-electron chi connectivity index (χ4n) is 1.25. The summed E-state index contributed by atoms with van der Waals surface area (Å²) in [6.45, 7) is 0.596. The normalized spacial score (nSPS) is 10.4. The SMILES string of the molecule is ClCc1ccc(OCc2sccc2Br)cc1. The van der Waals surface area contributed by atoms with Gasteiger partial charge in [0.1, 0.15) is 12.4 Å². The van der Waals surface area contributed by atoms with Gasteiger partial charge in [-0.3, -0.25) is 0 Å². The Kier molecular flexibility index (Phi) is 4.27. The maximum absolute atomic E-state index is 5.71. The molecule has 1 aromatic heterocycles. The first-order valence-electron chi connectivity index (χ1n) is 4.79. The van der Waals surface area contributed by atoms with Crippen LogP contribution in [0.1, 0.15) is 10.4 Å². The molecule has 1 aromatic carbocycles. The summed E-state index contributed by atoms with van der Waals surface area (Å²) in [6.07, 6.45) is 0. The van der Waals surface area contributed by atoms with Crippen LogP contribution >= 0.6 is 38.9 Å². The maximum atomic E-state index is 5.71. The zero-order valence-electron chi connectivity index (χ0n) is 8.45. The van der Waals surface area contributed by atoms with Gasteiger partial charge in [0.05, 0.1) is 4.88 Å². The van der Waals surface area contributed by atoms with E-state index in [1.807, 2.05) is 35.7 Å². The number of hydrogen-bond donors (Lipinski definition) is 0. The molecule has 0 saturated heterocycles. The van der Waals surface area contributed by atoms with E-state index in [0.29, 0.717) is 12.5 Å². The average molecular weight is 318 g/mol. The van der Waals surface area contributed by atoms with Crippen molar-refractivity contribution in [2.45, 2.75) is 12.5 Å². The molecule has 0 N–H and O–H groups in total. The zero-order valence-corrected chi connectivity index (χ0v) is 11.6. The van der Waals surface area contributed by atoms with Crippen LogP contribution in [0.3, 0.4) is 0 Å². The van der Waals surface area contributed by atoms with E-state index in [-0.39, 0.29) is 0 Å². The summed E-state index contributed by atoms with van der Waals surface area (Å²) in [6, 6.07) is 9.87. The van der Waals surface area contributed by atoms with E-state index in [1.165, 1.54) is 4.88 Å². The Bertz CT molecular complexity index is 452. The third kappa shape index (κ3) is 3.00. The van der Waals surface area contributed by atoms with Gasteiger partial charge < -0.3 is 4.74 Å². The van der Waals surface area contributed by atoms with Crippen molar-refractivity contribution < 1.29 is 4.74 Å². The van der Waals surface area contributed by atoms with Gasteiger partial charge >= 0.3 is 0 Å². The molecule has 2 aromatic rings. The predicted molar refractivity (Wildman–Crippen MR) is 72.4 cm³/mol. The molecule has 0 atom stereocenters. The van der Waals surface area contributed by atoms with E-state index in [9.17, 15) is 0 Å². The summed E-state index contributed by atoms with van der Waals surface area (Å²) in [5, 5.41) is 2.04. The highest BCUT2D eigenvalue weighted by molar-refractivity contribution is 9.10. The van der Waals surface area contributed by atoms with Gasteiger partial charge in [0.25, 0.3) is 0 Å². The highest BCUT2D eigenvalue weighted by Crippen LogP contribution is 2.24. The topological polar surface area (TPSA) is 9.23 Å². The number of alkyl halides is 1. The largest absolute Gasteiger partial charge is 0.488 e. The second-order valence-electron chi connectivity index (χ2n) is 3.26. The van der Waals surface area contributed by atoms with Gasteiger partial charge in [-0.25, -0.2) is 0 Å². The Hall–Kier alpha value is -0.510. The van der Waals surface area contributed by atoms with Crippen LogP contribution in [0, 0.1) is 0 Å². The van der Waals surface area contributed by atoms with Crippen molar-refractivity contribution in [2.75, 3.05) is 0 Å². The lowest BCUT2D eigenvalue weighted by molar-refractivity contribution is 0.309. The molecule has 4 heteroatoms. The monoisotopic (exact) mass is 316 g/mol. The number of thiophene rings is 1. The minimum atomic E-state index is 0.538. The Morgan fingerprint density at radius 2 is 1.94 bits per heavy atom. The second-order valence-corrected chi connectivity index (χ2v) is 5.38. The molecule has 0 aliphatic carbocycles. The third-order valence-corrected chi connectivity index (χ3v) is 4.35. The van der Waals surface area contributed by atoms with E-state index < -0.39 is 0 Å². The van der Waals surface area contributed by atoms with Crippen molar-refractivity contribution in [2.24, 2.45) is 0 Å². The standard InChI is InChI=1S/C12H10BrClOS/c13-11-5-6-16-12(11)8-15-10-3-1-9(7-14)2-4-10/h1-6H,7-8H2. The second kappa shape index (κ2) is 5.71. The van der Waals surface area contributed by atoms with Crippen LogP contribution in [0.2, 0.25) is 0 Å². The minimum Gasteiger partial charge on any atom is -0.488 e. The molecule has 0 radical (unpaired) electrons. The van der Waals surface area contributed by atoms with E-state index >= 15 is 0 Å². The fourth-order valence-corrected chi connectivity index (χ4v) is 2.81. The molecule has 84 valence electrons. The number of rotatable bonds is 4. The van der Waals surface area contributed by atoms with Gasteiger partial charge in [0.15, 0.2) is 0 Å². The summed E-state index contributed by atoms with van der Waals surface area (Å²) in [5.74, 6) is 1.41. The maximum Gasteiger partial charge on any atom is 0.124 e. The van der Waals surface area contributed by atoms with Crippen molar-refractivity contribution in [1.29, 1.82) is 0 Å². The van der Waals surface area contributed by atoms with Crippen molar-refractivity contribution in [1.82, 2.24) is 0 Å². The first-order chi connectivity index (χ1) is 7.79. The van der Waals surface area contributed by atoms with Crippen LogP contribution in [0.5, 0.6) is 5.75 Å². The van der Waals surface area contributed by atoms with Gasteiger partial charge in [-0.05, 0) is 45.1 Å². The molecule has 16 heavy (non-hydrogen) atoms. The molecule has 1 nitrogen and oxygen atoms in total. The van der Waals surface area contributed by atoms with Gasteiger partial charge in [0, 0.05) is 10.4 Å². The number of ether oxygens (including phenoxy) is 1. The van der Waals surface area contributed by atoms with E-state index in [2.05, 4.69) is 15.9 Å². The number of benzene rings is 1. The van der Waals surface area contributed by atoms with Gasteiger partial charge in [-0.1, -0.05) is 12.1 Å². The first-order valence-corrected chi connectivity index (χ1v) is 7.00.